The predicted molar refractivity (Wildman–Crippen MR) is 85.7 cm³/mol. The third-order valence-electron chi connectivity index (χ3n) is 4.61. The molecule has 3 rings (SSSR count). The Morgan fingerprint density at radius 3 is 2.55 bits per heavy atom. The molecule has 0 spiro atoms. The van der Waals surface area contributed by atoms with E-state index in [1.165, 1.54) is 6.42 Å². The van der Waals surface area contributed by atoms with Crippen LogP contribution in [0.3, 0.4) is 0 Å². The molecule has 0 unspecified atom stereocenters. The molecule has 0 fully saturated rings. The highest BCUT2D eigenvalue weighted by atomic mass is 16.3. The second-order valence-electron chi connectivity index (χ2n) is 6.07. The zero-order valence-electron chi connectivity index (χ0n) is 12.5. The van der Waals surface area contributed by atoms with Gasteiger partial charge in [0.2, 0.25) is 11.6 Å². The molecule has 0 aromatic heterocycles. The number of rotatable bonds is 4. The lowest BCUT2D eigenvalue weighted by molar-refractivity contribution is -0.112. The fourth-order valence-electron chi connectivity index (χ4n) is 3.34. The molecule has 2 aliphatic carbocycles. The van der Waals surface area contributed by atoms with E-state index in [1.807, 2.05) is 0 Å². The average Bonchev–Trinajstić information content (AvgIpc) is 2.57. The molecule has 0 heterocycles. The number of fused-ring (bicyclic) bond motifs is 1. The normalized spacial score (nSPS) is 21.2. The lowest BCUT2D eigenvalue weighted by Gasteiger charge is -2.20. The van der Waals surface area contributed by atoms with Gasteiger partial charge in [0.05, 0.1) is 0 Å². The molecule has 2 aliphatic rings. The Morgan fingerprint density at radius 1 is 1.05 bits per heavy atom. The van der Waals surface area contributed by atoms with E-state index in [0.29, 0.717) is 23.5 Å². The van der Waals surface area contributed by atoms with Crippen molar-refractivity contribution in [3.05, 3.63) is 53.1 Å². The first-order chi connectivity index (χ1) is 10.7. The van der Waals surface area contributed by atoms with Gasteiger partial charge in [-0.2, -0.15) is 0 Å². The number of hydrogen-bond acceptors (Lipinski definition) is 3. The van der Waals surface area contributed by atoms with Crippen LogP contribution in [-0.2, 0) is 4.79 Å². The lowest BCUT2D eigenvalue weighted by atomic mass is 9.84. The number of benzene rings is 1. The summed E-state index contributed by atoms with van der Waals surface area (Å²) in [5.74, 6) is -0.387. The highest BCUT2D eigenvalue weighted by molar-refractivity contribution is 6.52. The highest BCUT2D eigenvalue weighted by Crippen LogP contribution is 2.31. The van der Waals surface area contributed by atoms with Gasteiger partial charge in [0.1, 0.15) is 5.76 Å². The number of aliphatic hydroxyl groups is 1. The molecule has 0 saturated heterocycles. The maximum Gasteiger partial charge on any atom is 0.234 e. The minimum absolute atomic E-state index is 0.0104. The van der Waals surface area contributed by atoms with E-state index >= 15 is 0 Å². The number of allylic oxidation sites excluding steroid dienone is 3. The summed E-state index contributed by atoms with van der Waals surface area (Å²) >= 11 is 0. The molecule has 0 saturated carbocycles. The quantitative estimate of drug-likeness (QED) is 0.667. The molecular weight excluding hydrogens is 276 g/mol. The van der Waals surface area contributed by atoms with Gasteiger partial charge in [0.15, 0.2) is 0 Å². The van der Waals surface area contributed by atoms with Crippen LogP contribution >= 0.6 is 0 Å². The number of ketones is 2. The SMILES string of the molecule is O=C1C(=O)c2ccccc2C(O)=C1CCC[C@H]1CC=CCC1. The van der Waals surface area contributed by atoms with Crippen molar-refractivity contribution < 1.29 is 14.7 Å². The van der Waals surface area contributed by atoms with Crippen LogP contribution in [-0.4, -0.2) is 16.7 Å². The monoisotopic (exact) mass is 296 g/mol. The number of hydrogen-bond donors (Lipinski definition) is 1. The maximum absolute atomic E-state index is 12.2. The summed E-state index contributed by atoms with van der Waals surface area (Å²) in [5.41, 5.74) is 1.09. The van der Waals surface area contributed by atoms with Crippen molar-refractivity contribution in [3.8, 4) is 0 Å². The number of carbonyl (C=O) groups is 2. The van der Waals surface area contributed by atoms with Crippen LogP contribution in [0, 0.1) is 5.92 Å². The van der Waals surface area contributed by atoms with Crippen LogP contribution in [0.25, 0.3) is 5.76 Å². The fourth-order valence-corrected chi connectivity index (χ4v) is 3.34. The summed E-state index contributed by atoms with van der Waals surface area (Å²) in [6, 6.07) is 6.76. The van der Waals surface area contributed by atoms with E-state index in [4.69, 9.17) is 0 Å². The van der Waals surface area contributed by atoms with Crippen molar-refractivity contribution in [3.63, 3.8) is 0 Å². The minimum atomic E-state index is -0.542. The van der Waals surface area contributed by atoms with Gasteiger partial charge in [0, 0.05) is 16.7 Å². The van der Waals surface area contributed by atoms with Crippen molar-refractivity contribution in [1.29, 1.82) is 0 Å². The Kier molecular flexibility index (Phi) is 4.23. The van der Waals surface area contributed by atoms with Crippen LogP contribution in [0.1, 0.15) is 54.4 Å². The van der Waals surface area contributed by atoms with Gasteiger partial charge in [-0.05, 0) is 44.4 Å². The smallest absolute Gasteiger partial charge is 0.234 e. The summed E-state index contributed by atoms with van der Waals surface area (Å²) in [5, 5.41) is 10.3. The van der Waals surface area contributed by atoms with Gasteiger partial charge in [-0.1, -0.05) is 36.4 Å². The fraction of sp³-hybridized carbons (Fsp3) is 0.368. The minimum Gasteiger partial charge on any atom is -0.507 e. The second kappa shape index (κ2) is 6.30. The van der Waals surface area contributed by atoms with E-state index in [9.17, 15) is 14.7 Å². The van der Waals surface area contributed by atoms with Gasteiger partial charge in [0.25, 0.3) is 0 Å². The van der Waals surface area contributed by atoms with Crippen LogP contribution in [0.4, 0.5) is 0 Å². The highest BCUT2D eigenvalue weighted by Gasteiger charge is 2.32. The second-order valence-corrected chi connectivity index (χ2v) is 6.07. The van der Waals surface area contributed by atoms with Crippen LogP contribution < -0.4 is 0 Å². The molecule has 0 radical (unpaired) electrons. The third-order valence-corrected chi connectivity index (χ3v) is 4.61. The first kappa shape index (κ1) is 14.8. The van der Waals surface area contributed by atoms with Gasteiger partial charge in [-0.25, -0.2) is 0 Å². The van der Waals surface area contributed by atoms with Crippen molar-refractivity contribution in [2.24, 2.45) is 5.92 Å². The average molecular weight is 296 g/mol. The van der Waals surface area contributed by atoms with Gasteiger partial charge >= 0.3 is 0 Å². The Morgan fingerprint density at radius 2 is 1.82 bits per heavy atom. The Balaban J connectivity index is 1.73. The molecule has 3 nitrogen and oxygen atoms in total. The summed E-state index contributed by atoms with van der Waals surface area (Å²) in [6.07, 6.45) is 10.2. The summed E-state index contributed by atoms with van der Waals surface area (Å²) < 4.78 is 0. The number of carbonyl (C=O) groups excluding carboxylic acids is 2. The van der Waals surface area contributed by atoms with Gasteiger partial charge in [-0.15, -0.1) is 0 Å². The third kappa shape index (κ3) is 2.76. The van der Waals surface area contributed by atoms with Crippen molar-refractivity contribution in [2.45, 2.75) is 38.5 Å². The molecule has 1 aromatic carbocycles. The Hall–Kier alpha value is -2.16. The summed E-state index contributed by atoms with van der Waals surface area (Å²) in [7, 11) is 0. The summed E-state index contributed by atoms with van der Waals surface area (Å²) in [4.78, 5) is 24.3. The molecule has 3 heteroatoms. The van der Waals surface area contributed by atoms with Gasteiger partial charge < -0.3 is 5.11 Å². The predicted octanol–water partition coefficient (Wildman–Crippen LogP) is 4.25. The van der Waals surface area contributed by atoms with E-state index < -0.39 is 11.6 Å². The first-order valence-corrected chi connectivity index (χ1v) is 7.94. The largest absolute Gasteiger partial charge is 0.507 e. The number of aliphatic hydroxyl groups excluding tert-OH is 1. The first-order valence-electron chi connectivity index (χ1n) is 7.94. The van der Waals surface area contributed by atoms with Crippen molar-refractivity contribution in [2.75, 3.05) is 0 Å². The van der Waals surface area contributed by atoms with E-state index in [0.717, 1.165) is 25.7 Å². The standard InChI is InChI=1S/C19H20O3/c20-17-14-10-4-5-11-15(14)18(21)19(22)16(17)12-6-9-13-7-2-1-3-8-13/h1-2,4-5,10-11,13,20H,3,6-9,12H2/t13-/m0/s1. The molecule has 1 atom stereocenters. The van der Waals surface area contributed by atoms with Crippen LogP contribution in [0.15, 0.2) is 42.0 Å². The topological polar surface area (TPSA) is 54.4 Å². The van der Waals surface area contributed by atoms with E-state index in [2.05, 4.69) is 12.2 Å². The van der Waals surface area contributed by atoms with Crippen molar-refractivity contribution in [1.82, 2.24) is 0 Å². The molecule has 0 amide bonds. The van der Waals surface area contributed by atoms with Gasteiger partial charge in [-0.3, -0.25) is 9.59 Å². The maximum atomic E-state index is 12.2. The van der Waals surface area contributed by atoms with Crippen LogP contribution in [0.5, 0.6) is 0 Å². The Labute approximate surface area is 130 Å². The van der Waals surface area contributed by atoms with E-state index in [-0.39, 0.29) is 11.3 Å². The van der Waals surface area contributed by atoms with Crippen LogP contribution in [0.2, 0.25) is 0 Å². The molecular formula is C19H20O3. The molecule has 22 heavy (non-hydrogen) atoms. The molecule has 1 aromatic rings. The number of Topliss-reactive ketones (excluding diaryl/α,β-unsaturated/α-hetero) is 2. The molecule has 0 bridgehead atoms. The summed E-state index contributed by atoms with van der Waals surface area (Å²) in [6.45, 7) is 0. The molecule has 1 N–H and O–H groups in total. The molecule has 0 aliphatic heterocycles. The zero-order chi connectivity index (χ0) is 15.5. The molecule has 114 valence electrons. The lowest BCUT2D eigenvalue weighted by Crippen LogP contribution is -2.24. The zero-order valence-corrected chi connectivity index (χ0v) is 12.5. The Bertz CT molecular complexity index is 667. The van der Waals surface area contributed by atoms with E-state index in [1.54, 1.807) is 24.3 Å². The van der Waals surface area contributed by atoms with Crippen molar-refractivity contribution >= 4 is 17.3 Å².